The molecule has 0 fully saturated rings. The zero-order chi connectivity index (χ0) is 31.7. The minimum Gasteiger partial charge on any atom is -0.480 e. The molecule has 46 heavy (non-hydrogen) atoms. The Morgan fingerprint density at radius 3 is 2.39 bits per heavy atom. The molecule has 1 aliphatic rings. The number of fused-ring (bicyclic) bond motifs is 1. The Hall–Kier alpha value is -5.70. The fourth-order valence-corrected chi connectivity index (χ4v) is 5.61. The standard InChI is InChI=1S/C37H34N6O3/c1-46-35-17-15-32(40-41-35)16-18-36(44)43(25-28-11-13-30(14-12-28)33-24-38-20-21-39-33)34(23-27-7-3-2-4-8-27)37(45)42-22-19-29-9-5-6-10-31(29)26-42/h2-18,20-21,24,34H,19,22-23,25-26H2,1H3/b18-16+/t34-/m0/s1. The quantitative estimate of drug-likeness (QED) is 0.201. The predicted molar refractivity (Wildman–Crippen MR) is 175 cm³/mol. The van der Waals surface area contributed by atoms with Gasteiger partial charge in [0.15, 0.2) is 0 Å². The molecular formula is C37H34N6O3. The summed E-state index contributed by atoms with van der Waals surface area (Å²) in [5.74, 6) is -0.00509. The second-order valence-corrected chi connectivity index (χ2v) is 11.1. The first-order valence-electron chi connectivity index (χ1n) is 15.2. The molecule has 2 amide bonds. The third-order valence-corrected chi connectivity index (χ3v) is 8.09. The van der Waals surface area contributed by atoms with Gasteiger partial charge in [-0.3, -0.25) is 19.6 Å². The van der Waals surface area contributed by atoms with E-state index >= 15 is 0 Å². The molecule has 9 heteroatoms. The van der Waals surface area contributed by atoms with Crippen LogP contribution in [0.15, 0.2) is 116 Å². The van der Waals surface area contributed by atoms with E-state index in [4.69, 9.17) is 4.74 Å². The van der Waals surface area contributed by atoms with E-state index in [1.807, 2.05) is 71.6 Å². The van der Waals surface area contributed by atoms with Gasteiger partial charge in [-0.05, 0) is 40.8 Å². The molecule has 0 bridgehead atoms. The fourth-order valence-electron chi connectivity index (χ4n) is 5.61. The van der Waals surface area contributed by atoms with E-state index in [-0.39, 0.29) is 18.4 Å². The first-order chi connectivity index (χ1) is 22.6. The number of methoxy groups -OCH3 is 1. The van der Waals surface area contributed by atoms with Gasteiger partial charge in [-0.15, -0.1) is 10.2 Å². The molecule has 0 aliphatic carbocycles. The van der Waals surface area contributed by atoms with Gasteiger partial charge in [-0.1, -0.05) is 78.9 Å². The van der Waals surface area contributed by atoms with Crippen molar-refractivity contribution >= 4 is 17.9 Å². The van der Waals surface area contributed by atoms with Crippen LogP contribution in [0.1, 0.15) is 27.9 Å². The molecule has 1 aliphatic heterocycles. The molecule has 230 valence electrons. The second kappa shape index (κ2) is 14.4. The van der Waals surface area contributed by atoms with Crippen LogP contribution in [0.25, 0.3) is 17.3 Å². The van der Waals surface area contributed by atoms with Crippen molar-refractivity contribution in [3.63, 3.8) is 0 Å². The lowest BCUT2D eigenvalue weighted by atomic mass is 9.97. The maximum absolute atomic E-state index is 14.5. The van der Waals surface area contributed by atoms with Crippen molar-refractivity contribution in [1.82, 2.24) is 30.0 Å². The summed E-state index contributed by atoms with van der Waals surface area (Å²) in [4.78, 5) is 40.7. The van der Waals surface area contributed by atoms with Gasteiger partial charge < -0.3 is 14.5 Å². The van der Waals surface area contributed by atoms with Crippen molar-refractivity contribution in [3.8, 4) is 17.1 Å². The highest BCUT2D eigenvalue weighted by Crippen LogP contribution is 2.24. The molecule has 3 heterocycles. The van der Waals surface area contributed by atoms with E-state index < -0.39 is 6.04 Å². The molecule has 0 N–H and O–H groups in total. The van der Waals surface area contributed by atoms with Crippen molar-refractivity contribution in [1.29, 1.82) is 0 Å². The molecule has 5 aromatic rings. The van der Waals surface area contributed by atoms with Crippen LogP contribution in [-0.4, -0.2) is 61.5 Å². The van der Waals surface area contributed by atoms with E-state index in [0.717, 1.165) is 34.4 Å². The Morgan fingerprint density at radius 2 is 1.67 bits per heavy atom. The van der Waals surface area contributed by atoms with Crippen molar-refractivity contribution in [2.24, 2.45) is 0 Å². The van der Waals surface area contributed by atoms with E-state index in [0.29, 0.717) is 31.1 Å². The summed E-state index contributed by atoms with van der Waals surface area (Å²) in [6, 6.07) is 28.6. The second-order valence-electron chi connectivity index (χ2n) is 11.1. The largest absolute Gasteiger partial charge is 0.480 e. The normalized spacial score (nSPS) is 13.2. The number of benzene rings is 3. The Labute approximate surface area is 268 Å². The van der Waals surface area contributed by atoms with E-state index in [2.05, 4.69) is 32.3 Å². The van der Waals surface area contributed by atoms with Crippen LogP contribution in [0.4, 0.5) is 0 Å². The van der Waals surface area contributed by atoms with Crippen LogP contribution >= 0.6 is 0 Å². The molecule has 0 radical (unpaired) electrons. The molecule has 9 nitrogen and oxygen atoms in total. The third kappa shape index (κ3) is 7.32. The lowest BCUT2D eigenvalue weighted by molar-refractivity contribution is -0.144. The number of amides is 2. The third-order valence-electron chi connectivity index (χ3n) is 8.09. The Kier molecular flexibility index (Phi) is 9.49. The molecule has 0 saturated heterocycles. The van der Waals surface area contributed by atoms with Gasteiger partial charge in [-0.2, -0.15) is 0 Å². The zero-order valence-electron chi connectivity index (χ0n) is 25.6. The van der Waals surface area contributed by atoms with Crippen LogP contribution in [0.2, 0.25) is 0 Å². The molecule has 0 unspecified atom stereocenters. The summed E-state index contributed by atoms with van der Waals surface area (Å²) in [5.41, 5.74) is 6.42. The van der Waals surface area contributed by atoms with Crippen LogP contribution in [0.5, 0.6) is 5.88 Å². The number of aromatic nitrogens is 4. The number of carbonyl (C=O) groups is 2. The number of carbonyl (C=O) groups excluding carboxylic acids is 2. The lowest BCUT2D eigenvalue weighted by Gasteiger charge is -2.37. The monoisotopic (exact) mass is 610 g/mol. The molecule has 6 rings (SSSR count). The average molecular weight is 611 g/mol. The van der Waals surface area contributed by atoms with Crippen molar-refractivity contribution in [2.75, 3.05) is 13.7 Å². The van der Waals surface area contributed by atoms with Crippen LogP contribution in [0, 0.1) is 0 Å². The summed E-state index contributed by atoms with van der Waals surface area (Å²) in [6.45, 7) is 1.32. The summed E-state index contributed by atoms with van der Waals surface area (Å²) >= 11 is 0. The topological polar surface area (TPSA) is 101 Å². The van der Waals surface area contributed by atoms with Gasteiger partial charge in [0, 0.05) is 56.2 Å². The average Bonchev–Trinajstić information content (AvgIpc) is 3.13. The molecule has 3 aromatic carbocycles. The van der Waals surface area contributed by atoms with Gasteiger partial charge in [0.05, 0.1) is 24.7 Å². The van der Waals surface area contributed by atoms with Gasteiger partial charge >= 0.3 is 0 Å². The zero-order valence-corrected chi connectivity index (χ0v) is 25.6. The van der Waals surface area contributed by atoms with Gasteiger partial charge in [0.25, 0.3) is 0 Å². The number of ether oxygens (including phenoxy) is 1. The van der Waals surface area contributed by atoms with Gasteiger partial charge in [0.1, 0.15) is 6.04 Å². The Bertz CT molecular complexity index is 1800. The van der Waals surface area contributed by atoms with E-state index in [1.54, 1.807) is 41.7 Å². The minimum absolute atomic E-state index is 0.0828. The van der Waals surface area contributed by atoms with Crippen molar-refractivity contribution in [2.45, 2.75) is 32.0 Å². The SMILES string of the molecule is COc1ccc(/C=C/C(=O)N(Cc2ccc(-c3cnccn3)cc2)[C@@H](Cc2ccccc2)C(=O)N2CCc3ccccc3C2)nn1. The van der Waals surface area contributed by atoms with Crippen molar-refractivity contribution < 1.29 is 14.3 Å². The summed E-state index contributed by atoms with van der Waals surface area (Å²) in [7, 11) is 1.52. The van der Waals surface area contributed by atoms with Gasteiger partial charge in [0.2, 0.25) is 17.7 Å². The fraction of sp³-hybridized carbons (Fsp3) is 0.189. The summed E-state index contributed by atoms with van der Waals surface area (Å²) < 4.78 is 5.11. The first kappa shape index (κ1) is 30.3. The van der Waals surface area contributed by atoms with Crippen LogP contribution in [0.3, 0.4) is 0 Å². The van der Waals surface area contributed by atoms with E-state index in [1.165, 1.54) is 18.7 Å². The number of rotatable bonds is 10. The maximum Gasteiger partial charge on any atom is 0.247 e. The molecule has 2 aromatic heterocycles. The highest BCUT2D eigenvalue weighted by molar-refractivity contribution is 5.95. The molecule has 1 atom stereocenters. The highest BCUT2D eigenvalue weighted by atomic mass is 16.5. The predicted octanol–water partition coefficient (Wildman–Crippen LogP) is 5.18. The Morgan fingerprint density at radius 1 is 0.891 bits per heavy atom. The smallest absolute Gasteiger partial charge is 0.247 e. The van der Waals surface area contributed by atoms with Crippen LogP contribution < -0.4 is 4.74 Å². The van der Waals surface area contributed by atoms with Crippen LogP contribution in [-0.2, 0) is 35.5 Å². The van der Waals surface area contributed by atoms with E-state index in [9.17, 15) is 9.59 Å². The lowest BCUT2D eigenvalue weighted by Crippen LogP contribution is -2.52. The highest BCUT2D eigenvalue weighted by Gasteiger charge is 2.34. The minimum atomic E-state index is -0.744. The molecular weight excluding hydrogens is 576 g/mol. The number of hydrogen-bond donors (Lipinski definition) is 0. The van der Waals surface area contributed by atoms with Crippen molar-refractivity contribution in [3.05, 3.63) is 144 Å². The molecule has 0 spiro atoms. The number of hydrogen-bond acceptors (Lipinski definition) is 7. The summed E-state index contributed by atoms with van der Waals surface area (Å²) in [6.07, 6.45) is 9.22. The Balaban J connectivity index is 1.34. The summed E-state index contributed by atoms with van der Waals surface area (Å²) in [5, 5.41) is 8.13. The molecule has 0 saturated carbocycles. The maximum atomic E-state index is 14.5. The first-order valence-corrected chi connectivity index (χ1v) is 15.2. The number of nitrogens with zero attached hydrogens (tertiary/aromatic N) is 6. The van der Waals surface area contributed by atoms with Gasteiger partial charge in [-0.25, -0.2) is 0 Å².